The highest BCUT2D eigenvalue weighted by molar-refractivity contribution is 5.64. The Morgan fingerprint density at radius 3 is 2.83 bits per heavy atom. The molecule has 0 saturated carbocycles. The van der Waals surface area contributed by atoms with Gasteiger partial charge in [-0.15, -0.1) is 0 Å². The smallest absolute Gasteiger partial charge is 0.0420 e. The lowest BCUT2D eigenvalue weighted by atomic mass is 10.1. The highest BCUT2D eigenvalue weighted by atomic mass is 15.2. The number of nitrogens with two attached hydrogens (primary N) is 1. The summed E-state index contributed by atoms with van der Waals surface area (Å²) in [5.74, 6) is 0. The highest BCUT2D eigenvalue weighted by Gasteiger charge is 2.18. The summed E-state index contributed by atoms with van der Waals surface area (Å²) in [4.78, 5) is 4.91. The van der Waals surface area contributed by atoms with Crippen molar-refractivity contribution in [3.8, 4) is 0 Å². The van der Waals surface area contributed by atoms with E-state index in [2.05, 4.69) is 41.2 Å². The predicted octanol–water partition coefficient (Wildman–Crippen LogP) is 2.73. The second kappa shape index (κ2) is 9.78. The van der Waals surface area contributed by atoms with E-state index >= 15 is 0 Å². The number of hydrogen-bond donors (Lipinski definition) is 2. The molecular weight excluding hydrogens is 284 g/mol. The Hall–Kier alpha value is -1.26. The maximum Gasteiger partial charge on any atom is 0.0420 e. The lowest BCUT2D eigenvalue weighted by Gasteiger charge is -2.20. The molecule has 1 aromatic carbocycles. The molecule has 0 aromatic heterocycles. The van der Waals surface area contributed by atoms with Crippen LogP contribution in [0, 0.1) is 0 Å². The average Bonchev–Trinajstić information content (AvgIpc) is 2.93. The largest absolute Gasteiger partial charge is 0.399 e. The Kier molecular flexibility index (Phi) is 7.69. The van der Waals surface area contributed by atoms with Crippen LogP contribution in [0.25, 0.3) is 0 Å². The van der Waals surface area contributed by atoms with Crippen LogP contribution >= 0.6 is 0 Å². The van der Waals surface area contributed by atoms with Gasteiger partial charge in [-0.3, -0.25) is 0 Å². The molecule has 4 nitrogen and oxygen atoms in total. The lowest BCUT2D eigenvalue weighted by molar-refractivity contribution is 0.319. The van der Waals surface area contributed by atoms with E-state index in [1.54, 1.807) is 0 Å². The van der Waals surface area contributed by atoms with Crippen LogP contribution in [0.3, 0.4) is 0 Å². The van der Waals surface area contributed by atoms with Crippen molar-refractivity contribution in [2.75, 3.05) is 56.9 Å². The third-order valence-electron chi connectivity index (χ3n) is 4.70. The molecule has 2 rings (SSSR count). The van der Waals surface area contributed by atoms with Crippen molar-refractivity contribution < 1.29 is 0 Å². The van der Waals surface area contributed by atoms with Crippen LogP contribution in [-0.2, 0) is 6.42 Å². The van der Waals surface area contributed by atoms with Crippen molar-refractivity contribution in [2.45, 2.75) is 39.0 Å². The van der Waals surface area contributed by atoms with Gasteiger partial charge in [0.05, 0.1) is 0 Å². The molecule has 23 heavy (non-hydrogen) atoms. The van der Waals surface area contributed by atoms with Crippen LogP contribution in [0.5, 0.6) is 0 Å². The fraction of sp³-hybridized carbons (Fsp3) is 0.684. The number of unbranched alkanes of at least 4 members (excludes halogenated alkanes) is 2. The maximum atomic E-state index is 5.91. The summed E-state index contributed by atoms with van der Waals surface area (Å²) in [6.07, 6.45) is 6.37. The van der Waals surface area contributed by atoms with Gasteiger partial charge in [0, 0.05) is 31.0 Å². The lowest BCUT2D eigenvalue weighted by Crippen LogP contribution is -2.32. The maximum absolute atomic E-state index is 5.91. The van der Waals surface area contributed by atoms with Gasteiger partial charge < -0.3 is 20.9 Å². The first-order valence-corrected chi connectivity index (χ1v) is 9.23. The Morgan fingerprint density at radius 1 is 1.17 bits per heavy atom. The summed E-state index contributed by atoms with van der Waals surface area (Å²) >= 11 is 0. The predicted molar refractivity (Wildman–Crippen MR) is 101 cm³/mol. The molecule has 0 bridgehead atoms. The van der Waals surface area contributed by atoms with Gasteiger partial charge in [0.2, 0.25) is 0 Å². The quantitative estimate of drug-likeness (QED) is 0.486. The SMILES string of the molecule is CCCCCN(C)CCCNCCN1CCc2ccc(N)cc21. The number of fused-ring (bicyclic) bond motifs is 1. The summed E-state index contributed by atoms with van der Waals surface area (Å²) in [5, 5.41) is 3.58. The van der Waals surface area contributed by atoms with Gasteiger partial charge in [-0.1, -0.05) is 25.8 Å². The number of nitrogens with zero attached hydrogens (tertiary/aromatic N) is 2. The average molecular weight is 319 g/mol. The molecule has 1 aliphatic heterocycles. The van der Waals surface area contributed by atoms with Crippen LogP contribution < -0.4 is 16.0 Å². The summed E-state index contributed by atoms with van der Waals surface area (Å²) < 4.78 is 0. The van der Waals surface area contributed by atoms with Gasteiger partial charge >= 0.3 is 0 Å². The van der Waals surface area contributed by atoms with E-state index in [9.17, 15) is 0 Å². The third kappa shape index (κ3) is 6.04. The standard InChI is InChI=1S/C19H34N4/c1-3-4-5-12-22(2)13-6-10-21-11-15-23-14-9-17-7-8-18(20)16-19(17)23/h7-8,16,21H,3-6,9-15,20H2,1-2H3. The van der Waals surface area contributed by atoms with E-state index in [-0.39, 0.29) is 0 Å². The molecule has 0 unspecified atom stereocenters. The molecule has 1 aliphatic rings. The second-order valence-corrected chi connectivity index (χ2v) is 6.74. The van der Waals surface area contributed by atoms with E-state index in [0.717, 1.165) is 38.3 Å². The topological polar surface area (TPSA) is 44.5 Å². The molecule has 130 valence electrons. The molecule has 0 radical (unpaired) electrons. The number of benzene rings is 1. The van der Waals surface area contributed by atoms with E-state index in [1.807, 2.05) is 6.07 Å². The fourth-order valence-electron chi connectivity index (χ4n) is 3.25. The molecule has 0 spiro atoms. The van der Waals surface area contributed by atoms with Gasteiger partial charge in [-0.25, -0.2) is 0 Å². The van der Waals surface area contributed by atoms with Gasteiger partial charge in [0.15, 0.2) is 0 Å². The number of anilines is 2. The first kappa shape index (κ1) is 18.1. The normalized spacial score (nSPS) is 13.8. The van der Waals surface area contributed by atoms with Crippen LogP contribution in [0.4, 0.5) is 11.4 Å². The fourth-order valence-corrected chi connectivity index (χ4v) is 3.25. The van der Waals surface area contributed by atoms with Crippen LogP contribution in [0.15, 0.2) is 18.2 Å². The first-order chi connectivity index (χ1) is 11.2. The van der Waals surface area contributed by atoms with Gasteiger partial charge in [0.25, 0.3) is 0 Å². The van der Waals surface area contributed by atoms with Crippen molar-refractivity contribution in [1.29, 1.82) is 0 Å². The number of hydrogen-bond acceptors (Lipinski definition) is 4. The van der Waals surface area contributed by atoms with Crippen molar-refractivity contribution in [3.63, 3.8) is 0 Å². The zero-order valence-electron chi connectivity index (χ0n) is 15.0. The highest BCUT2D eigenvalue weighted by Crippen LogP contribution is 2.29. The number of rotatable bonds is 11. The molecule has 0 fully saturated rings. The Morgan fingerprint density at radius 2 is 2.00 bits per heavy atom. The number of nitrogen functional groups attached to an aromatic ring is 1. The van der Waals surface area contributed by atoms with Crippen molar-refractivity contribution in [1.82, 2.24) is 10.2 Å². The van der Waals surface area contributed by atoms with E-state index in [1.165, 1.54) is 50.0 Å². The molecule has 0 amide bonds. The molecule has 0 saturated heterocycles. The summed E-state index contributed by atoms with van der Waals surface area (Å²) in [6.45, 7) is 9.05. The number of nitrogens with one attached hydrogen (secondary N) is 1. The molecule has 1 heterocycles. The van der Waals surface area contributed by atoms with Crippen LogP contribution in [0.2, 0.25) is 0 Å². The molecule has 0 aliphatic carbocycles. The van der Waals surface area contributed by atoms with Gasteiger partial charge in [0.1, 0.15) is 0 Å². The minimum absolute atomic E-state index is 0.870. The van der Waals surface area contributed by atoms with Crippen molar-refractivity contribution in [3.05, 3.63) is 23.8 Å². The summed E-state index contributed by atoms with van der Waals surface area (Å²) in [6, 6.07) is 6.30. The monoisotopic (exact) mass is 318 g/mol. The Labute approximate surface area is 142 Å². The Bertz CT molecular complexity index is 461. The molecule has 3 N–H and O–H groups in total. The van der Waals surface area contributed by atoms with Crippen molar-refractivity contribution >= 4 is 11.4 Å². The minimum atomic E-state index is 0.870. The van der Waals surface area contributed by atoms with Gasteiger partial charge in [-0.05, 0) is 63.6 Å². The second-order valence-electron chi connectivity index (χ2n) is 6.74. The zero-order chi connectivity index (χ0) is 16.5. The van der Waals surface area contributed by atoms with E-state index < -0.39 is 0 Å². The minimum Gasteiger partial charge on any atom is -0.399 e. The van der Waals surface area contributed by atoms with E-state index in [4.69, 9.17) is 5.73 Å². The van der Waals surface area contributed by atoms with E-state index in [0.29, 0.717) is 0 Å². The molecule has 4 heteroatoms. The van der Waals surface area contributed by atoms with Crippen molar-refractivity contribution in [2.24, 2.45) is 0 Å². The first-order valence-electron chi connectivity index (χ1n) is 9.23. The third-order valence-corrected chi connectivity index (χ3v) is 4.70. The zero-order valence-corrected chi connectivity index (χ0v) is 15.0. The molecule has 1 aromatic rings. The van der Waals surface area contributed by atoms with Gasteiger partial charge in [-0.2, -0.15) is 0 Å². The molecule has 0 atom stereocenters. The summed E-state index contributed by atoms with van der Waals surface area (Å²) in [5.41, 5.74) is 9.56. The molecular formula is C19H34N4. The van der Waals surface area contributed by atoms with Crippen LogP contribution in [-0.4, -0.2) is 51.2 Å². The van der Waals surface area contributed by atoms with Crippen LogP contribution in [0.1, 0.15) is 38.2 Å². The summed E-state index contributed by atoms with van der Waals surface area (Å²) in [7, 11) is 2.24. The Balaban J connectivity index is 1.54.